The van der Waals surface area contributed by atoms with Gasteiger partial charge in [0.15, 0.2) is 0 Å². The van der Waals surface area contributed by atoms with Crippen LogP contribution in [0.5, 0.6) is 0 Å². The van der Waals surface area contributed by atoms with Gasteiger partial charge in [-0.3, -0.25) is 5.32 Å². The second-order valence-corrected chi connectivity index (χ2v) is 8.61. The van der Waals surface area contributed by atoms with Gasteiger partial charge in [0.1, 0.15) is 11.6 Å². The van der Waals surface area contributed by atoms with E-state index in [1.807, 2.05) is 12.3 Å². The quantitative estimate of drug-likeness (QED) is 0.342. The number of fused-ring (bicyclic) bond motifs is 3. The molecule has 2 atom stereocenters. The van der Waals surface area contributed by atoms with Crippen molar-refractivity contribution in [3.05, 3.63) is 114 Å². The van der Waals surface area contributed by atoms with Crippen molar-refractivity contribution in [3.8, 4) is 11.3 Å². The van der Waals surface area contributed by atoms with Gasteiger partial charge in [0.05, 0.1) is 23.5 Å². The summed E-state index contributed by atoms with van der Waals surface area (Å²) in [6.07, 6.45) is 2.65. The SMILES string of the molecule is CC1(c2ccccc2)N[C@@H](c2ncc(-c3ccc(F)cc3)[nH]2)Cc2c1[nH]c1ccccc21. The standard InChI is InChI=1S/C27H23FN4/c1-27(18-7-3-2-4-8-18)25-21(20-9-5-6-10-22(20)30-25)15-23(32-27)26-29-16-24(31-26)17-11-13-19(28)14-12-17/h2-14,16,23,30,32H,15H2,1H3,(H,29,31)/t23-,27?/m1/s1. The molecule has 158 valence electrons. The lowest BCUT2D eigenvalue weighted by Gasteiger charge is -2.39. The van der Waals surface area contributed by atoms with Crippen molar-refractivity contribution < 1.29 is 4.39 Å². The van der Waals surface area contributed by atoms with Gasteiger partial charge >= 0.3 is 0 Å². The van der Waals surface area contributed by atoms with Crippen LogP contribution in [0.2, 0.25) is 0 Å². The highest BCUT2D eigenvalue weighted by molar-refractivity contribution is 5.85. The van der Waals surface area contributed by atoms with Gasteiger partial charge in [0.25, 0.3) is 0 Å². The predicted molar refractivity (Wildman–Crippen MR) is 125 cm³/mol. The summed E-state index contributed by atoms with van der Waals surface area (Å²) in [5.74, 6) is 0.635. The molecule has 0 spiro atoms. The van der Waals surface area contributed by atoms with E-state index in [4.69, 9.17) is 4.98 Å². The number of H-pyrrole nitrogens is 2. The Hall–Kier alpha value is -3.70. The number of benzene rings is 3. The van der Waals surface area contributed by atoms with Crippen molar-refractivity contribution in [2.75, 3.05) is 0 Å². The van der Waals surface area contributed by atoms with Gasteiger partial charge in [-0.15, -0.1) is 0 Å². The molecule has 1 aliphatic heterocycles. The van der Waals surface area contributed by atoms with Crippen LogP contribution >= 0.6 is 0 Å². The van der Waals surface area contributed by atoms with Crippen LogP contribution in [0.1, 0.15) is 35.6 Å². The highest BCUT2D eigenvalue weighted by Crippen LogP contribution is 2.42. The third kappa shape index (κ3) is 2.97. The normalized spacial score (nSPS) is 20.4. The summed E-state index contributed by atoms with van der Waals surface area (Å²) < 4.78 is 13.3. The van der Waals surface area contributed by atoms with Crippen LogP contribution in [0.25, 0.3) is 22.2 Å². The Bertz CT molecular complexity index is 1400. The van der Waals surface area contributed by atoms with E-state index < -0.39 is 5.54 Å². The van der Waals surface area contributed by atoms with E-state index in [0.29, 0.717) is 0 Å². The maximum atomic E-state index is 13.3. The molecule has 3 aromatic carbocycles. The van der Waals surface area contributed by atoms with Crippen molar-refractivity contribution in [2.45, 2.75) is 24.9 Å². The van der Waals surface area contributed by atoms with Crippen molar-refractivity contribution in [3.63, 3.8) is 0 Å². The number of halogens is 1. The Morgan fingerprint density at radius 1 is 0.906 bits per heavy atom. The number of hydrogen-bond donors (Lipinski definition) is 3. The lowest BCUT2D eigenvalue weighted by molar-refractivity contribution is 0.328. The van der Waals surface area contributed by atoms with Crippen LogP contribution in [0, 0.1) is 5.82 Å². The molecule has 2 aromatic heterocycles. The largest absolute Gasteiger partial charge is 0.356 e. The van der Waals surface area contributed by atoms with Gasteiger partial charge in [0.2, 0.25) is 0 Å². The molecule has 1 unspecified atom stereocenters. The molecule has 0 fully saturated rings. The van der Waals surface area contributed by atoms with Crippen molar-refractivity contribution >= 4 is 10.9 Å². The number of aromatic nitrogens is 3. The van der Waals surface area contributed by atoms with E-state index in [1.165, 1.54) is 34.3 Å². The van der Waals surface area contributed by atoms with Crippen LogP contribution in [-0.4, -0.2) is 15.0 Å². The topological polar surface area (TPSA) is 56.5 Å². The Morgan fingerprint density at radius 2 is 1.66 bits per heavy atom. The minimum Gasteiger partial charge on any atom is -0.356 e. The molecule has 0 radical (unpaired) electrons. The zero-order valence-electron chi connectivity index (χ0n) is 17.7. The fourth-order valence-corrected chi connectivity index (χ4v) is 4.97. The number of hydrogen-bond acceptors (Lipinski definition) is 2. The molecule has 6 rings (SSSR count). The maximum absolute atomic E-state index is 13.3. The molecule has 0 amide bonds. The number of nitrogens with one attached hydrogen (secondary N) is 3. The molecule has 5 heteroatoms. The predicted octanol–water partition coefficient (Wildman–Crippen LogP) is 5.85. The number of imidazole rings is 1. The van der Waals surface area contributed by atoms with Crippen LogP contribution in [0.3, 0.4) is 0 Å². The highest BCUT2D eigenvalue weighted by Gasteiger charge is 2.41. The number of nitrogens with zero attached hydrogens (tertiary/aromatic N) is 1. The fraction of sp³-hybridized carbons (Fsp3) is 0.148. The van der Waals surface area contributed by atoms with Crippen LogP contribution < -0.4 is 5.32 Å². The molecule has 3 heterocycles. The summed E-state index contributed by atoms with van der Waals surface area (Å²) in [7, 11) is 0. The van der Waals surface area contributed by atoms with E-state index in [0.717, 1.165) is 29.0 Å². The Labute approximate surface area is 185 Å². The van der Waals surface area contributed by atoms with Gasteiger partial charge in [-0.2, -0.15) is 0 Å². The molecular formula is C27H23FN4. The summed E-state index contributed by atoms with van der Waals surface area (Å²) in [6, 6.07) is 25.5. The maximum Gasteiger partial charge on any atom is 0.124 e. The summed E-state index contributed by atoms with van der Waals surface area (Å²) in [5, 5.41) is 5.12. The van der Waals surface area contributed by atoms with Crippen molar-refractivity contribution in [2.24, 2.45) is 0 Å². The van der Waals surface area contributed by atoms with E-state index in [1.54, 1.807) is 12.1 Å². The molecule has 1 aliphatic rings. The molecule has 0 saturated carbocycles. The zero-order valence-corrected chi connectivity index (χ0v) is 17.7. The van der Waals surface area contributed by atoms with E-state index in [2.05, 4.69) is 70.7 Å². The summed E-state index contributed by atoms with van der Waals surface area (Å²) in [4.78, 5) is 11.9. The fourth-order valence-electron chi connectivity index (χ4n) is 4.97. The van der Waals surface area contributed by atoms with Crippen LogP contribution in [-0.2, 0) is 12.0 Å². The average Bonchev–Trinajstić information content (AvgIpc) is 3.46. The second kappa shape index (κ2) is 7.18. The minimum atomic E-state index is -0.401. The molecule has 0 aliphatic carbocycles. The summed E-state index contributed by atoms with van der Waals surface area (Å²) >= 11 is 0. The first kappa shape index (κ1) is 19.0. The molecule has 0 saturated heterocycles. The van der Waals surface area contributed by atoms with Gasteiger partial charge < -0.3 is 9.97 Å². The Kier molecular flexibility index (Phi) is 4.26. The summed E-state index contributed by atoms with van der Waals surface area (Å²) in [6.45, 7) is 2.23. The number of aromatic amines is 2. The Morgan fingerprint density at radius 3 is 2.47 bits per heavy atom. The smallest absolute Gasteiger partial charge is 0.124 e. The molecular weight excluding hydrogens is 399 g/mol. The molecule has 32 heavy (non-hydrogen) atoms. The molecule has 0 bridgehead atoms. The highest BCUT2D eigenvalue weighted by atomic mass is 19.1. The van der Waals surface area contributed by atoms with E-state index >= 15 is 0 Å². The van der Waals surface area contributed by atoms with Crippen molar-refractivity contribution in [1.82, 2.24) is 20.3 Å². The second-order valence-electron chi connectivity index (χ2n) is 8.61. The minimum absolute atomic E-state index is 0.00103. The molecule has 3 N–H and O–H groups in total. The monoisotopic (exact) mass is 422 g/mol. The summed E-state index contributed by atoms with van der Waals surface area (Å²) in [5.41, 5.74) is 6.26. The van der Waals surface area contributed by atoms with Gasteiger partial charge in [0, 0.05) is 16.6 Å². The zero-order chi connectivity index (χ0) is 21.7. The van der Waals surface area contributed by atoms with E-state index in [9.17, 15) is 4.39 Å². The van der Waals surface area contributed by atoms with E-state index in [-0.39, 0.29) is 11.9 Å². The number of para-hydroxylation sites is 1. The third-order valence-corrected chi connectivity index (χ3v) is 6.62. The lowest BCUT2D eigenvalue weighted by atomic mass is 9.80. The molecule has 4 nitrogen and oxygen atoms in total. The van der Waals surface area contributed by atoms with Crippen LogP contribution in [0.15, 0.2) is 85.1 Å². The average molecular weight is 423 g/mol. The Balaban J connectivity index is 1.46. The third-order valence-electron chi connectivity index (χ3n) is 6.62. The molecule has 5 aromatic rings. The van der Waals surface area contributed by atoms with Gasteiger partial charge in [-0.1, -0.05) is 48.5 Å². The first-order valence-corrected chi connectivity index (χ1v) is 10.9. The van der Waals surface area contributed by atoms with Crippen molar-refractivity contribution in [1.29, 1.82) is 0 Å². The van der Waals surface area contributed by atoms with Crippen LogP contribution in [0.4, 0.5) is 4.39 Å². The van der Waals surface area contributed by atoms with Gasteiger partial charge in [-0.05, 0) is 60.4 Å². The lowest BCUT2D eigenvalue weighted by Crippen LogP contribution is -2.48. The first-order valence-electron chi connectivity index (χ1n) is 10.9. The number of rotatable bonds is 3. The first-order chi connectivity index (χ1) is 15.6. The van der Waals surface area contributed by atoms with Gasteiger partial charge in [-0.25, -0.2) is 9.37 Å².